The Balaban J connectivity index is 2.02. The van der Waals surface area contributed by atoms with Crippen LogP contribution in [0.25, 0.3) is 0 Å². The van der Waals surface area contributed by atoms with Gasteiger partial charge in [0.2, 0.25) is 5.91 Å². The van der Waals surface area contributed by atoms with E-state index < -0.39 is 18.3 Å². The van der Waals surface area contributed by atoms with Gasteiger partial charge in [-0.2, -0.15) is 13.2 Å². The minimum absolute atomic E-state index is 0.0885. The van der Waals surface area contributed by atoms with Gasteiger partial charge in [-0.25, -0.2) is 0 Å². The second-order valence-electron chi connectivity index (χ2n) is 5.35. The molecule has 1 aromatic carbocycles. The number of benzene rings is 1. The van der Waals surface area contributed by atoms with Crippen LogP contribution in [0.4, 0.5) is 13.2 Å². The van der Waals surface area contributed by atoms with Crippen LogP contribution in [0.15, 0.2) is 18.2 Å². The third kappa shape index (κ3) is 4.35. The minimum Gasteiger partial charge on any atom is -0.484 e. The maximum atomic E-state index is 12.2. The molecule has 3 N–H and O–H groups in total. The van der Waals surface area contributed by atoms with Gasteiger partial charge in [-0.15, -0.1) is 0 Å². The van der Waals surface area contributed by atoms with Crippen molar-refractivity contribution in [2.45, 2.75) is 38.0 Å². The number of hydrogen-bond donors (Lipinski definition) is 2. The summed E-state index contributed by atoms with van der Waals surface area (Å²) in [5, 5.41) is 2.63. The van der Waals surface area contributed by atoms with Gasteiger partial charge < -0.3 is 15.8 Å². The molecule has 0 heterocycles. The summed E-state index contributed by atoms with van der Waals surface area (Å²) < 4.78 is 41.5. The Morgan fingerprint density at radius 3 is 2.67 bits per heavy atom. The standard InChI is InChI=1S/C14H17F3N2O2/c1-9-2-3-10(7-19-12(20)13(18)4-5-13)11(6-9)21-8-14(15,16)17/h2-3,6H,4-5,7-8,18H2,1H3,(H,19,20). The summed E-state index contributed by atoms with van der Waals surface area (Å²) in [5.41, 5.74) is 6.20. The predicted molar refractivity (Wildman–Crippen MR) is 70.7 cm³/mol. The predicted octanol–water partition coefficient (Wildman–Crippen LogP) is 2.04. The highest BCUT2D eigenvalue weighted by Crippen LogP contribution is 2.32. The fourth-order valence-corrected chi connectivity index (χ4v) is 1.82. The number of nitrogens with one attached hydrogen (secondary N) is 1. The van der Waals surface area contributed by atoms with Crippen LogP contribution in [0.1, 0.15) is 24.0 Å². The average Bonchev–Trinajstić information content (AvgIpc) is 3.13. The molecule has 1 amide bonds. The van der Waals surface area contributed by atoms with E-state index in [9.17, 15) is 18.0 Å². The van der Waals surface area contributed by atoms with E-state index in [0.717, 1.165) is 5.56 Å². The van der Waals surface area contributed by atoms with Gasteiger partial charge >= 0.3 is 6.18 Å². The molecule has 0 bridgehead atoms. The Labute approximate surface area is 120 Å². The largest absolute Gasteiger partial charge is 0.484 e. The lowest BCUT2D eigenvalue weighted by molar-refractivity contribution is -0.153. The summed E-state index contributed by atoms with van der Waals surface area (Å²) in [6.07, 6.45) is -3.14. The molecule has 116 valence electrons. The summed E-state index contributed by atoms with van der Waals surface area (Å²) >= 11 is 0. The van der Waals surface area contributed by atoms with Gasteiger partial charge in [-0.1, -0.05) is 12.1 Å². The Morgan fingerprint density at radius 2 is 2.10 bits per heavy atom. The Kier molecular flexibility index (Phi) is 4.13. The minimum atomic E-state index is -4.40. The van der Waals surface area contributed by atoms with Gasteiger partial charge in [0.25, 0.3) is 0 Å². The van der Waals surface area contributed by atoms with E-state index in [2.05, 4.69) is 5.32 Å². The lowest BCUT2D eigenvalue weighted by Gasteiger charge is -2.15. The zero-order chi connectivity index (χ0) is 15.7. The van der Waals surface area contributed by atoms with E-state index in [1.54, 1.807) is 19.1 Å². The summed E-state index contributed by atoms with van der Waals surface area (Å²) in [6, 6.07) is 4.90. The molecule has 0 aromatic heterocycles. The molecule has 21 heavy (non-hydrogen) atoms. The number of alkyl halides is 3. The first-order valence-corrected chi connectivity index (χ1v) is 6.56. The highest BCUT2D eigenvalue weighted by Gasteiger charge is 2.45. The molecule has 0 aliphatic heterocycles. The van der Waals surface area contributed by atoms with Gasteiger partial charge in [0.1, 0.15) is 5.75 Å². The molecule has 0 radical (unpaired) electrons. The fourth-order valence-electron chi connectivity index (χ4n) is 1.82. The lowest BCUT2D eigenvalue weighted by Crippen LogP contribution is -2.42. The number of hydrogen-bond acceptors (Lipinski definition) is 3. The van der Waals surface area contributed by atoms with Crippen molar-refractivity contribution < 1.29 is 22.7 Å². The van der Waals surface area contributed by atoms with Gasteiger partial charge in [0.05, 0.1) is 5.54 Å². The zero-order valence-electron chi connectivity index (χ0n) is 11.6. The normalized spacial score (nSPS) is 16.4. The van der Waals surface area contributed by atoms with Crippen LogP contribution >= 0.6 is 0 Å². The smallest absolute Gasteiger partial charge is 0.422 e. The molecule has 0 spiro atoms. The molecule has 1 aliphatic rings. The third-order valence-electron chi connectivity index (χ3n) is 3.29. The van der Waals surface area contributed by atoms with E-state index in [1.165, 1.54) is 6.07 Å². The average molecular weight is 302 g/mol. The van der Waals surface area contributed by atoms with Crippen LogP contribution in [0.3, 0.4) is 0 Å². The Bertz CT molecular complexity index is 540. The molecule has 1 saturated carbocycles. The zero-order valence-corrected chi connectivity index (χ0v) is 11.6. The van der Waals surface area contributed by atoms with Crippen molar-refractivity contribution in [1.82, 2.24) is 5.32 Å². The number of nitrogens with two attached hydrogens (primary N) is 1. The van der Waals surface area contributed by atoms with E-state index in [1.807, 2.05) is 0 Å². The van der Waals surface area contributed by atoms with Crippen LogP contribution in [0.5, 0.6) is 5.75 Å². The third-order valence-corrected chi connectivity index (χ3v) is 3.29. The quantitative estimate of drug-likeness (QED) is 0.875. The van der Waals surface area contributed by atoms with Crippen molar-refractivity contribution in [2.75, 3.05) is 6.61 Å². The molecular weight excluding hydrogens is 285 g/mol. The number of halogens is 3. The van der Waals surface area contributed by atoms with Crippen LogP contribution in [-0.4, -0.2) is 24.2 Å². The number of aryl methyl sites for hydroxylation is 1. The highest BCUT2D eigenvalue weighted by molar-refractivity contribution is 5.88. The van der Waals surface area contributed by atoms with Crippen LogP contribution in [0.2, 0.25) is 0 Å². The van der Waals surface area contributed by atoms with Gasteiger partial charge in [0, 0.05) is 12.1 Å². The van der Waals surface area contributed by atoms with Gasteiger partial charge in [-0.3, -0.25) is 4.79 Å². The number of ether oxygens (including phenoxy) is 1. The molecular formula is C14H17F3N2O2. The molecule has 1 aromatic rings. The van der Waals surface area contributed by atoms with Crippen molar-refractivity contribution in [3.8, 4) is 5.75 Å². The van der Waals surface area contributed by atoms with Crippen molar-refractivity contribution >= 4 is 5.91 Å². The fraction of sp³-hybridized carbons (Fsp3) is 0.500. The first kappa shape index (κ1) is 15.6. The van der Waals surface area contributed by atoms with Crippen molar-refractivity contribution in [1.29, 1.82) is 0 Å². The van der Waals surface area contributed by atoms with E-state index in [4.69, 9.17) is 10.5 Å². The second-order valence-corrected chi connectivity index (χ2v) is 5.35. The van der Waals surface area contributed by atoms with E-state index in [0.29, 0.717) is 18.4 Å². The summed E-state index contributed by atoms with van der Waals surface area (Å²) in [5.74, 6) is -0.167. The van der Waals surface area contributed by atoms with E-state index >= 15 is 0 Å². The molecule has 1 fully saturated rings. The maximum absolute atomic E-state index is 12.2. The topological polar surface area (TPSA) is 64.4 Å². The molecule has 2 rings (SSSR count). The number of carbonyl (C=O) groups excluding carboxylic acids is 1. The van der Waals surface area contributed by atoms with Crippen LogP contribution < -0.4 is 15.8 Å². The van der Waals surface area contributed by atoms with Crippen molar-refractivity contribution in [3.63, 3.8) is 0 Å². The highest BCUT2D eigenvalue weighted by atomic mass is 19.4. The summed E-state index contributed by atoms with van der Waals surface area (Å²) in [6.45, 7) is 0.478. The Hall–Kier alpha value is -1.76. The van der Waals surface area contributed by atoms with Crippen LogP contribution in [-0.2, 0) is 11.3 Å². The summed E-state index contributed by atoms with van der Waals surface area (Å²) in [4.78, 5) is 11.7. The van der Waals surface area contributed by atoms with E-state index in [-0.39, 0.29) is 18.2 Å². The lowest BCUT2D eigenvalue weighted by atomic mass is 10.1. The maximum Gasteiger partial charge on any atom is 0.422 e. The van der Waals surface area contributed by atoms with Gasteiger partial charge in [-0.05, 0) is 31.4 Å². The molecule has 4 nitrogen and oxygen atoms in total. The SMILES string of the molecule is Cc1ccc(CNC(=O)C2(N)CC2)c(OCC(F)(F)F)c1. The second kappa shape index (κ2) is 5.55. The molecule has 0 unspecified atom stereocenters. The monoisotopic (exact) mass is 302 g/mol. The number of amides is 1. The molecule has 0 saturated heterocycles. The first-order valence-electron chi connectivity index (χ1n) is 6.56. The molecule has 1 aliphatic carbocycles. The Morgan fingerprint density at radius 1 is 1.43 bits per heavy atom. The first-order chi connectivity index (χ1) is 9.70. The van der Waals surface area contributed by atoms with Crippen molar-refractivity contribution in [3.05, 3.63) is 29.3 Å². The van der Waals surface area contributed by atoms with Gasteiger partial charge in [0.15, 0.2) is 6.61 Å². The number of carbonyl (C=O) groups is 1. The molecule has 7 heteroatoms. The number of rotatable bonds is 5. The van der Waals surface area contributed by atoms with Crippen LogP contribution in [0, 0.1) is 6.92 Å². The van der Waals surface area contributed by atoms with Crippen molar-refractivity contribution in [2.24, 2.45) is 5.73 Å². The molecule has 0 atom stereocenters. The summed E-state index contributed by atoms with van der Waals surface area (Å²) in [7, 11) is 0.